The molecule has 0 unspecified atom stereocenters. The number of aromatic hydroxyl groups is 1. The number of carbonyl (C=O) groups is 1. The first-order valence-corrected chi connectivity index (χ1v) is 9.95. The molecule has 4 nitrogen and oxygen atoms in total. The highest BCUT2D eigenvalue weighted by atomic mass is 16.3. The average Bonchev–Trinajstić information content (AvgIpc) is 3.34. The van der Waals surface area contributed by atoms with Gasteiger partial charge in [-0.15, -0.1) is 0 Å². The highest BCUT2D eigenvalue weighted by Crippen LogP contribution is 2.23. The number of fused-ring (bicyclic) bond motifs is 1. The molecule has 2 aromatic carbocycles. The third-order valence-corrected chi connectivity index (χ3v) is 5.84. The average molecular weight is 352 g/mol. The van der Waals surface area contributed by atoms with E-state index in [1.165, 1.54) is 31.2 Å². The summed E-state index contributed by atoms with van der Waals surface area (Å²) in [7, 11) is 0. The molecule has 2 fully saturated rings. The van der Waals surface area contributed by atoms with Crippen LogP contribution in [0.2, 0.25) is 0 Å². The van der Waals surface area contributed by atoms with Gasteiger partial charge in [0, 0.05) is 19.1 Å². The molecule has 1 atom stereocenters. The van der Waals surface area contributed by atoms with Gasteiger partial charge >= 0.3 is 0 Å². The minimum absolute atomic E-state index is 0.134. The number of amides is 1. The van der Waals surface area contributed by atoms with Crippen molar-refractivity contribution in [3.8, 4) is 5.75 Å². The Balaban J connectivity index is 1.54. The van der Waals surface area contributed by atoms with Crippen LogP contribution in [0, 0.1) is 0 Å². The van der Waals surface area contributed by atoms with Gasteiger partial charge in [0.2, 0.25) is 5.91 Å². The van der Waals surface area contributed by atoms with Crippen LogP contribution in [0.5, 0.6) is 5.75 Å². The summed E-state index contributed by atoms with van der Waals surface area (Å²) in [5.41, 5.74) is 1.17. The molecule has 2 aliphatic rings. The van der Waals surface area contributed by atoms with Crippen LogP contribution in [0.15, 0.2) is 36.4 Å². The minimum atomic E-state index is -0.134. The molecule has 26 heavy (non-hydrogen) atoms. The molecule has 1 saturated carbocycles. The second kappa shape index (κ2) is 7.67. The van der Waals surface area contributed by atoms with Crippen molar-refractivity contribution < 1.29 is 9.90 Å². The van der Waals surface area contributed by atoms with Crippen LogP contribution in [-0.2, 0) is 11.2 Å². The predicted octanol–water partition coefficient (Wildman–Crippen LogP) is 3.61. The van der Waals surface area contributed by atoms with E-state index >= 15 is 0 Å². The van der Waals surface area contributed by atoms with Crippen molar-refractivity contribution in [1.29, 1.82) is 0 Å². The van der Waals surface area contributed by atoms with E-state index in [1.807, 2.05) is 17.0 Å². The maximum atomic E-state index is 13.1. The zero-order valence-corrected chi connectivity index (χ0v) is 15.3. The Kier molecular flexibility index (Phi) is 5.11. The Morgan fingerprint density at radius 2 is 1.73 bits per heavy atom. The number of carbonyl (C=O) groups excluding carboxylic acids is 1. The Morgan fingerprint density at radius 1 is 1.04 bits per heavy atom. The SMILES string of the molecule is O=C([C@H](Cc1ccc2cc(O)ccc2c1)NC1CCCC1)N1CCCC1. The minimum Gasteiger partial charge on any atom is -0.508 e. The fourth-order valence-corrected chi connectivity index (χ4v) is 4.40. The summed E-state index contributed by atoms with van der Waals surface area (Å²) in [5, 5.41) is 15.4. The molecule has 1 saturated heterocycles. The second-order valence-corrected chi connectivity index (χ2v) is 7.80. The monoisotopic (exact) mass is 352 g/mol. The standard InChI is InChI=1S/C22H28N2O2/c25-20-10-9-17-13-16(7-8-18(17)15-20)14-21(23-19-5-1-2-6-19)22(26)24-11-3-4-12-24/h7-10,13,15,19,21,23,25H,1-6,11-12,14H2/t21-/m0/s1. The smallest absolute Gasteiger partial charge is 0.240 e. The summed E-state index contributed by atoms with van der Waals surface area (Å²) < 4.78 is 0. The fraction of sp³-hybridized carbons (Fsp3) is 0.500. The summed E-state index contributed by atoms with van der Waals surface area (Å²) in [6.07, 6.45) is 7.87. The van der Waals surface area contributed by atoms with E-state index < -0.39 is 0 Å². The molecule has 1 amide bonds. The van der Waals surface area contributed by atoms with Crippen LogP contribution in [0.4, 0.5) is 0 Å². The van der Waals surface area contributed by atoms with Gasteiger partial charge in [0.25, 0.3) is 0 Å². The topological polar surface area (TPSA) is 52.6 Å². The first-order valence-electron chi connectivity index (χ1n) is 9.95. The Hall–Kier alpha value is -2.07. The van der Waals surface area contributed by atoms with Crippen molar-refractivity contribution in [3.63, 3.8) is 0 Å². The van der Waals surface area contributed by atoms with Gasteiger partial charge in [-0.1, -0.05) is 37.1 Å². The van der Waals surface area contributed by atoms with E-state index in [-0.39, 0.29) is 17.7 Å². The molecule has 1 heterocycles. The van der Waals surface area contributed by atoms with Crippen LogP contribution < -0.4 is 5.32 Å². The third kappa shape index (κ3) is 3.85. The van der Waals surface area contributed by atoms with E-state index in [4.69, 9.17) is 0 Å². The van der Waals surface area contributed by atoms with Crippen LogP contribution in [0.3, 0.4) is 0 Å². The van der Waals surface area contributed by atoms with E-state index in [0.29, 0.717) is 6.04 Å². The summed E-state index contributed by atoms with van der Waals surface area (Å²) in [5.74, 6) is 0.551. The van der Waals surface area contributed by atoms with E-state index in [1.54, 1.807) is 12.1 Å². The lowest BCUT2D eigenvalue weighted by atomic mass is 10.00. The number of likely N-dealkylation sites (tertiary alicyclic amines) is 1. The van der Waals surface area contributed by atoms with Crippen molar-refractivity contribution in [2.45, 2.75) is 57.0 Å². The Morgan fingerprint density at radius 3 is 2.50 bits per heavy atom. The fourth-order valence-electron chi connectivity index (χ4n) is 4.40. The van der Waals surface area contributed by atoms with Crippen molar-refractivity contribution in [3.05, 3.63) is 42.0 Å². The van der Waals surface area contributed by atoms with Gasteiger partial charge in [-0.25, -0.2) is 0 Å². The van der Waals surface area contributed by atoms with Crippen molar-refractivity contribution in [1.82, 2.24) is 10.2 Å². The summed E-state index contributed by atoms with van der Waals surface area (Å²) in [4.78, 5) is 15.1. The Bertz CT molecular complexity index is 777. The van der Waals surface area contributed by atoms with Gasteiger partial charge in [-0.2, -0.15) is 0 Å². The quantitative estimate of drug-likeness (QED) is 0.864. The number of benzene rings is 2. The van der Waals surface area contributed by atoms with Gasteiger partial charge in [0.15, 0.2) is 0 Å². The van der Waals surface area contributed by atoms with Crippen LogP contribution in [0.25, 0.3) is 10.8 Å². The first kappa shape index (κ1) is 17.3. The number of nitrogens with one attached hydrogen (secondary N) is 1. The van der Waals surface area contributed by atoms with Gasteiger partial charge in [0.1, 0.15) is 5.75 Å². The summed E-state index contributed by atoms with van der Waals surface area (Å²) in [6.45, 7) is 1.80. The highest BCUT2D eigenvalue weighted by molar-refractivity contribution is 5.85. The molecule has 4 heteroatoms. The van der Waals surface area contributed by atoms with Crippen molar-refractivity contribution in [2.75, 3.05) is 13.1 Å². The van der Waals surface area contributed by atoms with Crippen molar-refractivity contribution >= 4 is 16.7 Å². The molecule has 0 spiro atoms. The number of phenols is 1. The van der Waals surface area contributed by atoms with Crippen molar-refractivity contribution in [2.24, 2.45) is 0 Å². The zero-order chi connectivity index (χ0) is 17.9. The second-order valence-electron chi connectivity index (χ2n) is 7.80. The highest BCUT2D eigenvalue weighted by Gasteiger charge is 2.29. The van der Waals surface area contributed by atoms with Gasteiger partial charge in [-0.05, 0) is 60.6 Å². The maximum absolute atomic E-state index is 13.1. The van der Waals surface area contributed by atoms with E-state index in [9.17, 15) is 9.90 Å². The van der Waals surface area contributed by atoms with E-state index in [0.717, 1.165) is 43.1 Å². The number of hydrogen-bond acceptors (Lipinski definition) is 3. The molecule has 4 rings (SSSR count). The number of hydrogen-bond donors (Lipinski definition) is 2. The first-order chi connectivity index (χ1) is 12.7. The lowest BCUT2D eigenvalue weighted by molar-refractivity contribution is -0.132. The van der Waals surface area contributed by atoms with Crippen LogP contribution in [-0.4, -0.2) is 41.1 Å². The largest absolute Gasteiger partial charge is 0.508 e. The van der Waals surface area contributed by atoms with E-state index in [2.05, 4.69) is 17.4 Å². The summed E-state index contributed by atoms with van der Waals surface area (Å²) in [6, 6.07) is 12.1. The molecular weight excluding hydrogens is 324 g/mol. The molecule has 2 aromatic rings. The molecule has 1 aliphatic heterocycles. The molecule has 138 valence electrons. The summed E-state index contributed by atoms with van der Waals surface area (Å²) >= 11 is 0. The lowest BCUT2D eigenvalue weighted by Crippen LogP contribution is -2.49. The lowest BCUT2D eigenvalue weighted by Gasteiger charge is -2.27. The van der Waals surface area contributed by atoms with Gasteiger partial charge in [0.05, 0.1) is 6.04 Å². The molecule has 2 N–H and O–H groups in total. The van der Waals surface area contributed by atoms with Crippen LogP contribution in [0.1, 0.15) is 44.1 Å². The molecule has 0 radical (unpaired) electrons. The molecular formula is C22H28N2O2. The number of phenolic OH excluding ortho intramolecular Hbond substituents is 1. The molecule has 0 bridgehead atoms. The predicted molar refractivity (Wildman–Crippen MR) is 104 cm³/mol. The molecule has 0 aromatic heterocycles. The van der Waals surface area contributed by atoms with Gasteiger partial charge < -0.3 is 15.3 Å². The number of rotatable bonds is 5. The normalized spacial score (nSPS) is 19.3. The number of nitrogens with zero attached hydrogens (tertiary/aromatic N) is 1. The van der Waals surface area contributed by atoms with Crippen LogP contribution >= 0.6 is 0 Å². The Labute approximate surface area is 155 Å². The molecule has 1 aliphatic carbocycles. The zero-order valence-electron chi connectivity index (χ0n) is 15.3. The third-order valence-electron chi connectivity index (χ3n) is 5.84. The maximum Gasteiger partial charge on any atom is 0.240 e. The van der Waals surface area contributed by atoms with Gasteiger partial charge in [-0.3, -0.25) is 4.79 Å².